The molecule has 0 unspecified atom stereocenters. The maximum absolute atomic E-state index is 12.6. The minimum Gasteiger partial charge on any atom is -0.504 e. The molecule has 0 aliphatic carbocycles. The van der Waals surface area contributed by atoms with E-state index in [1.54, 1.807) is 42.5 Å². The largest absolute Gasteiger partial charge is 0.504 e. The van der Waals surface area contributed by atoms with E-state index in [4.69, 9.17) is 28.6 Å². The second-order valence-electron chi connectivity index (χ2n) is 5.37. The van der Waals surface area contributed by atoms with Crippen molar-refractivity contribution in [3.05, 3.63) is 63.5 Å². The molecule has 27 heavy (non-hydrogen) atoms. The maximum Gasteiger partial charge on any atom is 0.285 e. The number of carbonyl (C=O) groups is 2. The molecule has 2 aromatic rings. The highest BCUT2D eigenvalue weighted by Crippen LogP contribution is 2.33. The van der Waals surface area contributed by atoms with E-state index >= 15 is 0 Å². The first kappa shape index (κ1) is 19.2. The van der Waals surface area contributed by atoms with Crippen LogP contribution in [0.1, 0.15) is 15.9 Å². The van der Waals surface area contributed by atoms with Crippen molar-refractivity contribution in [2.24, 2.45) is 0 Å². The predicted molar refractivity (Wildman–Crippen MR) is 109 cm³/mol. The molecule has 1 aliphatic rings. The Morgan fingerprint density at radius 2 is 2.07 bits per heavy atom. The third kappa shape index (κ3) is 4.08. The van der Waals surface area contributed by atoms with Gasteiger partial charge in [0.2, 0.25) is 0 Å². The van der Waals surface area contributed by atoms with E-state index in [1.807, 2.05) is 0 Å². The number of amides is 2. The zero-order chi connectivity index (χ0) is 19.6. The summed E-state index contributed by atoms with van der Waals surface area (Å²) in [5, 5.41) is 10.9. The minimum absolute atomic E-state index is 0.00537. The second kappa shape index (κ2) is 7.99. The van der Waals surface area contributed by atoms with Crippen molar-refractivity contribution in [2.45, 2.75) is 0 Å². The lowest BCUT2D eigenvalue weighted by atomic mass is 10.2. The highest BCUT2D eigenvalue weighted by atomic mass is 35.5. The van der Waals surface area contributed by atoms with Gasteiger partial charge in [-0.25, -0.2) is 0 Å². The van der Waals surface area contributed by atoms with E-state index in [1.165, 1.54) is 13.2 Å². The summed E-state index contributed by atoms with van der Waals surface area (Å²) >= 11 is 12.3. The van der Waals surface area contributed by atoms with Crippen molar-refractivity contribution in [3.8, 4) is 11.5 Å². The summed E-state index contributed by atoms with van der Waals surface area (Å²) in [5.74, 6) is -0.720. The van der Waals surface area contributed by atoms with Gasteiger partial charge in [-0.3, -0.25) is 15.0 Å². The van der Waals surface area contributed by atoms with E-state index in [0.29, 0.717) is 10.5 Å². The highest BCUT2D eigenvalue weighted by molar-refractivity contribution is 8.26. The van der Waals surface area contributed by atoms with Gasteiger partial charge in [-0.05, 0) is 48.1 Å². The zero-order valence-electron chi connectivity index (χ0n) is 13.9. The van der Waals surface area contributed by atoms with E-state index in [0.717, 1.165) is 16.8 Å². The number of halogens is 1. The molecule has 3 rings (SSSR count). The van der Waals surface area contributed by atoms with Gasteiger partial charge in [0, 0.05) is 0 Å². The van der Waals surface area contributed by atoms with Crippen LogP contribution >= 0.6 is 35.6 Å². The van der Waals surface area contributed by atoms with E-state index in [-0.39, 0.29) is 26.4 Å². The van der Waals surface area contributed by atoms with Crippen LogP contribution in [0.25, 0.3) is 6.08 Å². The molecule has 0 bridgehead atoms. The first-order valence-corrected chi connectivity index (χ1v) is 9.21. The highest BCUT2D eigenvalue weighted by Gasteiger charge is 2.34. The average Bonchev–Trinajstić information content (AvgIpc) is 2.91. The molecule has 0 atom stereocenters. The van der Waals surface area contributed by atoms with Crippen molar-refractivity contribution < 1.29 is 19.4 Å². The number of ether oxygens (including phenoxy) is 1. The Balaban J connectivity index is 1.81. The number of thiocarbonyl (C=S) groups is 1. The van der Waals surface area contributed by atoms with Gasteiger partial charge in [-0.2, -0.15) is 5.01 Å². The molecule has 2 amide bonds. The molecule has 0 radical (unpaired) electrons. The second-order valence-corrected chi connectivity index (χ2v) is 7.45. The summed E-state index contributed by atoms with van der Waals surface area (Å²) in [4.78, 5) is 25.3. The quantitative estimate of drug-likeness (QED) is 0.581. The monoisotopic (exact) mass is 420 g/mol. The number of phenols is 1. The molecule has 6 nitrogen and oxygen atoms in total. The number of benzene rings is 2. The first-order chi connectivity index (χ1) is 12.9. The lowest BCUT2D eigenvalue weighted by Gasteiger charge is -2.16. The van der Waals surface area contributed by atoms with Crippen LogP contribution in [0.2, 0.25) is 5.02 Å². The van der Waals surface area contributed by atoms with Gasteiger partial charge >= 0.3 is 0 Å². The number of nitrogens with one attached hydrogen (secondary N) is 1. The molecule has 0 spiro atoms. The zero-order valence-corrected chi connectivity index (χ0v) is 16.3. The van der Waals surface area contributed by atoms with Gasteiger partial charge in [0.15, 0.2) is 15.8 Å². The number of hydrogen-bond acceptors (Lipinski definition) is 6. The molecular formula is C18H13ClN2O4S2. The van der Waals surface area contributed by atoms with Crippen molar-refractivity contribution in [1.29, 1.82) is 0 Å². The summed E-state index contributed by atoms with van der Waals surface area (Å²) < 4.78 is 5.25. The molecule has 1 fully saturated rings. The van der Waals surface area contributed by atoms with Gasteiger partial charge in [0.05, 0.1) is 22.6 Å². The Morgan fingerprint density at radius 3 is 2.78 bits per heavy atom. The lowest BCUT2D eigenvalue weighted by Crippen LogP contribution is -2.44. The molecule has 138 valence electrons. The SMILES string of the molecule is COc1cc(/C=C2\SC(=S)N(NC(=O)c3ccccc3Cl)C2=O)ccc1O. The number of hydrogen-bond donors (Lipinski definition) is 2. The van der Waals surface area contributed by atoms with E-state index in [9.17, 15) is 14.7 Å². The lowest BCUT2D eigenvalue weighted by molar-refractivity contribution is -0.123. The smallest absolute Gasteiger partial charge is 0.285 e. The van der Waals surface area contributed by atoms with Crippen LogP contribution in [0.5, 0.6) is 11.5 Å². The fraction of sp³-hybridized carbons (Fsp3) is 0.0556. The predicted octanol–water partition coefficient (Wildman–Crippen LogP) is 3.60. The van der Waals surface area contributed by atoms with Gasteiger partial charge in [0.25, 0.3) is 11.8 Å². The first-order valence-electron chi connectivity index (χ1n) is 7.61. The van der Waals surface area contributed by atoms with Gasteiger partial charge in [-0.15, -0.1) is 0 Å². The third-order valence-corrected chi connectivity index (χ3v) is 5.26. The Labute approximate surface area is 169 Å². The summed E-state index contributed by atoms with van der Waals surface area (Å²) in [6, 6.07) is 11.2. The Kier molecular flexibility index (Phi) is 5.69. The van der Waals surface area contributed by atoms with Crippen LogP contribution in [-0.2, 0) is 4.79 Å². The number of rotatable bonds is 4. The van der Waals surface area contributed by atoms with Crippen molar-refractivity contribution in [2.75, 3.05) is 7.11 Å². The van der Waals surface area contributed by atoms with Crippen LogP contribution in [-0.4, -0.2) is 33.4 Å². The van der Waals surface area contributed by atoms with Crippen LogP contribution in [0.15, 0.2) is 47.4 Å². The molecular weight excluding hydrogens is 408 g/mol. The number of thioether (sulfide) groups is 1. The maximum atomic E-state index is 12.6. The summed E-state index contributed by atoms with van der Waals surface area (Å²) in [5.41, 5.74) is 3.35. The molecule has 2 N–H and O–H groups in total. The Morgan fingerprint density at radius 1 is 1.33 bits per heavy atom. The van der Waals surface area contributed by atoms with Crippen molar-refractivity contribution in [3.63, 3.8) is 0 Å². The summed E-state index contributed by atoms with van der Waals surface area (Å²) in [7, 11) is 1.43. The molecule has 0 aromatic heterocycles. The number of hydrazine groups is 1. The summed E-state index contributed by atoms with van der Waals surface area (Å²) in [6.07, 6.45) is 1.60. The molecule has 1 aliphatic heterocycles. The van der Waals surface area contributed by atoms with Gasteiger partial charge in [-0.1, -0.05) is 41.6 Å². The van der Waals surface area contributed by atoms with Crippen LogP contribution in [0, 0.1) is 0 Å². The van der Waals surface area contributed by atoms with Crippen LogP contribution in [0.3, 0.4) is 0 Å². The van der Waals surface area contributed by atoms with Crippen LogP contribution < -0.4 is 10.2 Å². The standard InChI is InChI=1S/C18H13ClN2O4S2/c1-25-14-8-10(6-7-13(14)22)9-15-17(24)21(18(26)27-15)20-16(23)11-4-2-3-5-12(11)19/h2-9,22H,1H3,(H,20,23)/b15-9-. The van der Waals surface area contributed by atoms with Gasteiger partial charge < -0.3 is 9.84 Å². The fourth-order valence-corrected chi connectivity index (χ4v) is 3.71. The number of carbonyl (C=O) groups excluding carboxylic acids is 2. The fourth-order valence-electron chi connectivity index (χ4n) is 2.31. The number of phenolic OH excluding ortho intramolecular Hbond substituents is 1. The van der Waals surface area contributed by atoms with E-state index in [2.05, 4.69) is 5.43 Å². The van der Waals surface area contributed by atoms with Crippen LogP contribution in [0.4, 0.5) is 0 Å². The minimum atomic E-state index is -0.538. The Bertz CT molecular complexity index is 978. The molecule has 0 saturated carbocycles. The number of methoxy groups -OCH3 is 1. The molecule has 1 saturated heterocycles. The average molecular weight is 421 g/mol. The van der Waals surface area contributed by atoms with E-state index < -0.39 is 11.8 Å². The molecule has 1 heterocycles. The molecule has 2 aromatic carbocycles. The normalized spacial score (nSPS) is 15.3. The third-order valence-electron chi connectivity index (χ3n) is 3.63. The number of nitrogens with zero attached hydrogens (tertiary/aromatic N) is 1. The van der Waals surface area contributed by atoms with Crippen molar-refractivity contribution in [1.82, 2.24) is 10.4 Å². The molecule has 9 heteroatoms. The number of aromatic hydroxyl groups is 1. The topological polar surface area (TPSA) is 78.9 Å². The van der Waals surface area contributed by atoms with Crippen molar-refractivity contribution >= 4 is 57.8 Å². The van der Waals surface area contributed by atoms with Gasteiger partial charge in [0.1, 0.15) is 0 Å². The summed E-state index contributed by atoms with van der Waals surface area (Å²) in [6.45, 7) is 0. The Hall–Kier alpha value is -2.55.